The van der Waals surface area contributed by atoms with Gasteiger partial charge in [-0.05, 0) is 42.6 Å². The maximum atomic E-state index is 3.63. The summed E-state index contributed by atoms with van der Waals surface area (Å²) >= 11 is 0. The molecule has 0 aromatic heterocycles. The molecule has 0 heteroatoms. The first-order valence-electron chi connectivity index (χ1n) is 6.90. The average Bonchev–Trinajstić information content (AvgIpc) is 2.40. The summed E-state index contributed by atoms with van der Waals surface area (Å²) in [5, 5.41) is 0. The zero-order chi connectivity index (χ0) is 13.2. The molecular formula is C18H24. The Morgan fingerprint density at radius 1 is 1.22 bits per heavy atom. The molecule has 2 atom stereocenters. The molecule has 1 aromatic carbocycles. The fraction of sp³-hybridized carbons (Fsp3) is 0.444. The number of benzene rings is 1. The van der Waals surface area contributed by atoms with Gasteiger partial charge in [-0.3, -0.25) is 0 Å². The first-order valence-corrected chi connectivity index (χ1v) is 6.90. The van der Waals surface area contributed by atoms with E-state index in [4.69, 9.17) is 0 Å². The summed E-state index contributed by atoms with van der Waals surface area (Å²) < 4.78 is 0. The second-order valence-electron chi connectivity index (χ2n) is 6.11. The number of hydrogen-bond acceptors (Lipinski definition) is 0. The standard InChI is InChI=1S/C10H16.C8H8/c1-7-4-5-8-6-9(7)10(8,2)3;1-2-8-6-4-3-5-7-8/h4,8-9H,5-6H2,1-3H3;2-7H,1H2. The Bertz CT molecular complexity index is 436. The molecule has 0 radical (unpaired) electrons. The van der Waals surface area contributed by atoms with Crippen LogP contribution in [0.2, 0.25) is 0 Å². The molecule has 18 heavy (non-hydrogen) atoms. The van der Waals surface area contributed by atoms with Gasteiger partial charge in [0.2, 0.25) is 0 Å². The fourth-order valence-electron chi connectivity index (χ4n) is 3.25. The molecule has 1 aromatic rings. The second kappa shape index (κ2) is 5.14. The molecule has 96 valence electrons. The summed E-state index contributed by atoms with van der Waals surface area (Å²) in [6, 6.07) is 10.0. The minimum Gasteiger partial charge on any atom is -0.0985 e. The van der Waals surface area contributed by atoms with E-state index in [2.05, 4.69) is 33.4 Å². The summed E-state index contributed by atoms with van der Waals surface area (Å²) in [6.07, 6.45) is 7.08. The van der Waals surface area contributed by atoms with E-state index < -0.39 is 0 Å². The van der Waals surface area contributed by atoms with Gasteiger partial charge in [0.05, 0.1) is 0 Å². The van der Waals surface area contributed by atoms with Crippen LogP contribution < -0.4 is 0 Å². The van der Waals surface area contributed by atoms with Gasteiger partial charge >= 0.3 is 0 Å². The van der Waals surface area contributed by atoms with Crippen molar-refractivity contribution in [2.24, 2.45) is 17.3 Å². The highest BCUT2D eigenvalue weighted by Gasteiger charge is 2.49. The minimum atomic E-state index is 0.638. The molecular weight excluding hydrogens is 216 g/mol. The normalized spacial score (nSPS) is 27.2. The van der Waals surface area contributed by atoms with Crippen LogP contribution in [0.25, 0.3) is 6.08 Å². The lowest BCUT2D eigenvalue weighted by Crippen LogP contribution is -2.47. The van der Waals surface area contributed by atoms with E-state index >= 15 is 0 Å². The first-order chi connectivity index (χ1) is 8.55. The van der Waals surface area contributed by atoms with Crippen LogP contribution in [0.3, 0.4) is 0 Å². The van der Waals surface area contributed by atoms with Crippen molar-refractivity contribution in [3.63, 3.8) is 0 Å². The van der Waals surface area contributed by atoms with Crippen LogP contribution in [-0.4, -0.2) is 0 Å². The van der Waals surface area contributed by atoms with Crippen molar-refractivity contribution in [1.29, 1.82) is 0 Å². The van der Waals surface area contributed by atoms with Gasteiger partial charge in [0.15, 0.2) is 0 Å². The summed E-state index contributed by atoms with van der Waals surface area (Å²) in [4.78, 5) is 0. The lowest BCUT2D eigenvalue weighted by Gasteiger charge is -2.56. The molecule has 4 rings (SSSR count). The Balaban J connectivity index is 0.000000138. The summed E-state index contributed by atoms with van der Waals surface area (Å²) in [5.41, 5.74) is 3.46. The Morgan fingerprint density at radius 2 is 1.89 bits per heavy atom. The molecule has 0 saturated heterocycles. The lowest BCUT2D eigenvalue weighted by molar-refractivity contribution is -0.00579. The van der Waals surface area contributed by atoms with Crippen molar-refractivity contribution in [3.8, 4) is 0 Å². The van der Waals surface area contributed by atoms with Crippen molar-refractivity contribution >= 4 is 6.08 Å². The number of hydrogen-bond donors (Lipinski definition) is 0. The number of allylic oxidation sites excluding steroid dienone is 2. The monoisotopic (exact) mass is 240 g/mol. The van der Waals surface area contributed by atoms with E-state index in [0.717, 1.165) is 11.8 Å². The fourth-order valence-corrected chi connectivity index (χ4v) is 3.25. The third-order valence-electron chi connectivity index (χ3n) is 4.78. The van der Waals surface area contributed by atoms with Gasteiger partial charge in [-0.15, -0.1) is 0 Å². The Morgan fingerprint density at radius 3 is 2.22 bits per heavy atom. The predicted octanol–water partition coefficient (Wildman–Crippen LogP) is 5.33. The molecule has 0 amide bonds. The van der Waals surface area contributed by atoms with Gasteiger partial charge in [0, 0.05) is 0 Å². The molecule has 0 nitrogen and oxygen atoms in total. The van der Waals surface area contributed by atoms with Crippen molar-refractivity contribution in [2.45, 2.75) is 33.6 Å². The van der Waals surface area contributed by atoms with Crippen molar-refractivity contribution < 1.29 is 0 Å². The van der Waals surface area contributed by atoms with Gasteiger partial charge < -0.3 is 0 Å². The maximum absolute atomic E-state index is 3.63. The van der Waals surface area contributed by atoms with Crippen LogP contribution in [0.5, 0.6) is 0 Å². The molecule has 1 saturated carbocycles. The zero-order valence-corrected chi connectivity index (χ0v) is 11.8. The van der Waals surface area contributed by atoms with Gasteiger partial charge in [-0.2, -0.15) is 0 Å². The summed E-state index contributed by atoms with van der Waals surface area (Å²) in [5.74, 6) is 1.92. The molecule has 0 aliphatic heterocycles. The molecule has 0 N–H and O–H groups in total. The molecule has 2 unspecified atom stereocenters. The molecule has 0 heterocycles. The second-order valence-corrected chi connectivity index (χ2v) is 6.11. The Labute approximate surface area is 111 Å². The van der Waals surface area contributed by atoms with E-state index in [9.17, 15) is 0 Å². The quantitative estimate of drug-likeness (QED) is 0.582. The van der Waals surface area contributed by atoms with Crippen molar-refractivity contribution in [1.82, 2.24) is 0 Å². The number of fused-ring (bicyclic) bond motifs is 1. The Hall–Kier alpha value is -1.30. The molecule has 3 aliphatic rings. The van der Waals surface area contributed by atoms with Crippen LogP contribution in [0, 0.1) is 17.3 Å². The minimum absolute atomic E-state index is 0.638. The molecule has 1 fully saturated rings. The topological polar surface area (TPSA) is 0 Å². The van der Waals surface area contributed by atoms with Gasteiger partial charge in [0.1, 0.15) is 0 Å². The Kier molecular flexibility index (Phi) is 3.75. The summed E-state index contributed by atoms with van der Waals surface area (Å²) in [6.45, 7) is 10.8. The van der Waals surface area contributed by atoms with E-state index in [1.807, 2.05) is 36.4 Å². The van der Waals surface area contributed by atoms with Crippen LogP contribution in [0.1, 0.15) is 39.2 Å². The highest BCUT2D eigenvalue weighted by atomic mass is 14.5. The van der Waals surface area contributed by atoms with E-state index in [1.165, 1.54) is 18.4 Å². The largest absolute Gasteiger partial charge is 0.0985 e. The van der Waals surface area contributed by atoms with Crippen LogP contribution in [0.4, 0.5) is 0 Å². The van der Waals surface area contributed by atoms with Crippen LogP contribution in [0.15, 0.2) is 48.6 Å². The third kappa shape index (κ3) is 2.43. The smallest absolute Gasteiger partial charge is 0.0149 e. The van der Waals surface area contributed by atoms with E-state index in [0.29, 0.717) is 5.41 Å². The van der Waals surface area contributed by atoms with Crippen molar-refractivity contribution in [3.05, 3.63) is 54.1 Å². The average molecular weight is 240 g/mol. The maximum Gasteiger partial charge on any atom is -0.0149 e. The third-order valence-corrected chi connectivity index (χ3v) is 4.78. The van der Waals surface area contributed by atoms with Gasteiger partial charge in [-0.1, -0.05) is 68.5 Å². The SMILES string of the molecule is C=Cc1ccccc1.CC1=CCC2CC1C2(C)C. The zero-order valence-electron chi connectivity index (χ0n) is 11.8. The van der Waals surface area contributed by atoms with Crippen molar-refractivity contribution in [2.75, 3.05) is 0 Å². The number of rotatable bonds is 1. The summed E-state index contributed by atoms with van der Waals surface area (Å²) in [7, 11) is 0. The van der Waals surface area contributed by atoms with Gasteiger partial charge in [0.25, 0.3) is 0 Å². The molecule has 2 bridgehead atoms. The predicted molar refractivity (Wildman–Crippen MR) is 80.3 cm³/mol. The molecule has 3 aliphatic carbocycles. The van der Waals surface area contributed by atoms with Gasteiger partial charge in [-0.25, -0.2) is 0 Å². The lowest BCUT2D eigenvalue weighted by atomic mass is 9.49. The van der Waals surface area contributed by atoms with E-state index in [1.54, 1.807) is 5.57 Å². The highest BCUT2D eigenvalue weighted by molar-refractivity contribution is 5.45. The van der Waals surface area contributed by atoms with Crippen LogP contribution in [-0.2, 0) is 0 Å². The van der Waals surface area contributed by atoms with Crippen LogP contribution >= 0.6 is 0 Å². The molecule has 0 spiro atoms. The first kappa shape index (κ1) is 13.1. The highest BCUT2D eigenvalue weighted by Crippen LogP contribution is 2.58. The van der Waals surface area contributed by atoms with E-state index in [-0.39, 0.29) is 0 Å².